The van der Waals surface area contributed by atoms with E-state index < -0.39 is 18.1 Å². The Balaban J connectivity index is 1.46. The van der Waals surface area contributed by atoms with Crippen LogP contribution in [0.15, 0.2) is 84.9 Å². The Bertz CT molecular complexity index is 1140. The number of carbonyl (C=O) groups excluding carboxylic acids is 3. The van der Waals surface area contributed by atoms with Crippen LogP contribution in [0, 0.1) is 0 Å². The summed E-state index contributed by atoms with van der Waals surface area (Å²) >= 11 is 0. The number of esters is 1. The van der Waals surface area contributed by atoms with Gasteiger partial charge in [0.1, 0.15) is 24.0 Å². The van der Waals surface area contributed by atoms with Crippen LogP contribution in [0.5, 0.6) is 5.75 Å². The van der Waals surface area contributed by atoms with Gasteiger partial charge in [0, 0.05) is 13.0 Å². The van der Waals surface area contributed by atoms with Gasteiger partial charge >= 0.3 is 12.1 Å². The Kier molecular flexibility index (Phi) is 11.0. The minimum absolute atomic E-state index is 0.117. The normalized spacial score (nSPS) is 11.2. The maximum atomic E-state index is 12.9. The summed E-state index contributed by atoms with van der Waals surface area (Å²) in [7, 11) is 1.32. The van der Waals surface area contributed by atoms with Crippen molar-refractivity contribution in [1.82, 2.24) is 10.6 Å². The number of amides is 2. The largest absolute Gasteiger partial charge is 0.493 e. The lowest BCUT2D eigenvalue weighted by molar-refractivity contribution is -0.123. The van der Waals surface area contributed by atoms with Crippen molar-refractivity contribution in [3.8, 4) is 5.75 Å². The molecule has 2 N–H and O–H groups in total. The average Bonchev–Trinajstić information content (AvgIpc) is 2.94. The molecule has 37 heavy (non-hydrogen) atoms. The van der Waals surface area contributed by atoms with E-state index in [0.717, 1.165) is 11.1 Å². The highest BCUT2D eigenvalue weighted by Gasteiger charge is 2.22. The molecule has 8 nitrogen and oxygen atoms in total. The highest BCUT2D eigenvalue weighted by Crippen LogP contribution is 2.19. The number of nitrogens with one attached hydrogen (secondary N) is 2. The molecule has 3 rings (SSSR count). The van der Waals surface area contributed by atoms with E-state index >= 15 is 0 Å². The van der Waals surface area contributed by atoms with Crippen molar-refractivity contribution in [3.05, 3.63) is 102 Å². The van der Waals surface area contributed by atoms with E-state index in [1.807, 2.05) is 60.7 Å². The SMILES string of the molecule is COC(=O)c1ccccc1OCCCCNC(=O)C(Cc1ccccc1)NC(=O)OCc1ccccc1. The van der Waals surface area contributed by atoms with Gasteiger partial charge in [-0.15, -0.1) is 0 Å². The molecule has 1 atom stereocenters. The standard InChI is InChI=1S/C29H32N2O6/c1-35-28(33)24-16-8-9-17-26(24)36-19-11-10-18-30-27(32)25(20-22-12-4-2-5-13-22)31-29(34)37-21-23-14-6-3-7-15-23/h2-9,12-17,25H,10-11,18-21H2,1H3,(H,30,32)(H,31,34). The fourth-order valence-corrected chi connectivity index (χ4v) is 3.58. The molecule has 0 aliphatic carbocycles. The maximum absolute atomic E-state index is 12.9. The second-order valence-corrected chi connectivity index (χ2v) is 8.28. The van der Waals surface area contributed by atoms with Crippen molar-refractivity contribution in [1.29, 1.82) is 0 Å². The molecule has 0 saturated heterocycles. The first-order valence-electron chi connectivity index (χ1n) is 12.2. The summed E-state index contributed by atoms with van der Waals surface area (Å²) in [6.45, 7) is 0.902. The Morgan fingerprint density at radius 3 is 2.16 bits per heavy atom. The zero-order valence-corrected chi connectivity index (χ0v) is 20.9. The number of para-hydroxylation sites is 1. The van der Waals surface area contributed by atoms with Gasteiger partial charge in [-0.3, -0.25) is 4.79 Å². The van der Waals surface area contributed by atoms with Gasteiger partial charge in [0.25, 0.3) is 0 Å². The molecular weight excluding hydrogens is 472 g/mol. The van der Waals surface area contributed by atoms with Crippen LogP contribution in [0.2, 0.25) is 0 Å². The molecule has 0 aromatic heterocycles. The van der Waals surface area contributed by atoms with E-state index in [-0.39, 0.29) is 12.5 Å². The molecule has 0 bridgehead atoms. The van der Waals surface area contributed by atoms with Crippen molar-refractivity contribution in [2.24, 2.45) is 0 Å². The van der Waals surface area contributed by atoms with Crippen LogP contribution in [0.1, 0.15) is 34.3 Å². The molecule has 0 radical (unpaired) electrons. The first kappa shape index (κ1) is 27.3. The summed E-state index contributed by atoms with van der Waals surface area (Å²) < 4.78 is 15.8. The van der Waals surface area contributed by atoms with E-state index in [4.69, 9.17) is 14.2 Å². The van der Waals surface area contributed by atoms with Gasteiger partial charge in [0.15, 0.2) is 0 Å². The van der Waals surface area contributed by atoms with Crippen LogP contribution in [0.3, 0.4) is 0 Å². The number of methoxy groups -OCH3 is 1. The van der Waals surface area contributed by atoms with Gasteiger partial charge in [-0.2, -0.15) is 0 Å². The second kappa shape index (κ2) is 14.9. The topological polar surface area (TPSA) is 103 Å². The molecule has 8 heteroatoms. The lowest BCUT2D eigenvalue weighted by Gasteiger charge is -2.19. The minimum atomic E-state index is -0.783. The van der Waals surface area contributed by atoms with Crippen molar-refractivity contribution >= 4 is 18.0 Å². The lowest BCUT2D eigenvalue weighted by Crippen LogP contribution is -2.48. The van der Waals surface area contributed by atoms with Crippen molar-refractivity contribution in [2.45, 2.75) is 31.9 Å². The Labute approximate surface area is 216 Å². The number of hydrogen-bond donors (Lipinski definition) is 2. The molecule has 3 aromatic carbocycles. The van der Waals surface area contributed by atoms with Crippen LogP contribution < -0.4 is 15.4 Å². The summed E-state index contributed by atoms with van der Waals surface area (Å²) in [5, 5.41) is 5.57. The summed E-state index contributed by atoms with van der Waals surface area (Å²) in [4.78, 5) is 37.1. The molecule has 0 spiro atoms. The van der Waals surface area contributed by atoms with Crippen LogP contribution in [-0.4, -0.2) is 44.3 Å². The van der Waals surface area contributed by atoms with Gasteiger partial charge in [-0.05, 0) is 36.1 Å². The number of benzene rings is 3. The van der Waals surface area contributed by atoms with Gasteiger partial charge in [0.2, 0.25) is 5.91 Å². The number of carbonyl (C=O) groups is 3. The quantitative estimate of drug-likeness (QED) is 0.266. The fourth-order valence-electron chi connectivity index (χ4n) is 3.58. The summed E-state index contributed by atoms with van der Waals surface area (Å²) in [5.74, 6) is -0.292. The van der Waals surface area contributed by atoms with Crippen LogP contribution in [0.4, 0.5) is 4.79 Å². The van der Waals surface area contributed by atoms with E-state index in [9.17, 15) is 14.4 Å². The zero-order valence-electron chi connectivity index (χ0n) is 20.9. The molecule has 0 fully saturated rings. The molecule has 0 aliphatic rings. The van der Waals surface area contributed by atoms with Crippen LogP contribution in [-0.2, 0) is 27.3 Å². The summed E-state index contributed by atoms with van der Waals surface area (Å²) in [6.07, 6.45) is 0.993. The smallest absolute Gasteiger partial charge is 0.408 e. The van der Waals surface area contributed by atoms with Gasteiger partial charge < -0.3 is 24.8 Å². The zero-order chi connectivity index (χ0) is 26.3. The molecule has 0 heterocycles. The van der Waals surface area contributed by atoms with Crippen molar-refractivity contribution < 1.29 is 28.6 Å². The monoisotopic (exact) mass is 504 g/mol. The third-order valence-corrected chi connectivity index (χ3v) is 5.52. The molecule has 194 valence electrons. The molecule has 2 amide bonds. The maximum Gasteiger partial charge on any atom is 0.408 e. The Hall–Kier alpha value is -4.33. The third kappa shape index (κ3) is 9.33. The number of ether oxygens (including phenoxy) is 3. The predicted octanol–water partition coefficient (Wildman–Crippen LogP) is 4.29. The van der Waals surface area contributed by atoms with E-state index in [1.165, 1.54) is 7.11 Å². The molecule has 0 saturated carbocycles. The number of rotatable bonds is 13. The predicted molar refractivity (Wildman–Crippen MR) is 139 cm³/mol. The fraction of sp³-hybridized carbons (Fsp3) is 0.276. The van der Waals surface area contributed by atoms with Gasteiger partial charge in [0.05, 0.1) is 13.7 Å². The van der Waals surface area contributed by atoms with E-state index in [0.29, 0.717) is 43.7 Å². The Morgan fingerprint density at radius 1 is 0.811 bits per heavy atom. The van der Waals surface area contributed by atoms with Crippen LogP contribution in [0.25, 0.3) is 0 Å². The molecule has 0 aliphatic heterocycles. The van der Waals surface area contributed by atoms with E-state index in [2.05, 4.69) is 10.6 Å². The lowest BCUT2D eigenvalue weighted by atomic mass is 10.1. The van der Waals surface area contributed by atoms with Gasteiger partial charge in [-0.1, -0.05) is 72.8 Å². The highest BCUT2D eigenvalue weighted by atomic mass is 16.5. The second-order valence-electron chi connectivity index (χ2n) is 8.28. The summed E-state index contributed by atoms with van der Waals surface area (Å²) in [6, 6.07) is 24.9. The first-order valence-corrected chi connectivity index (χ1v) is 12.2. The molecule has 1 unspecified atom stereocenters. The van der Waals surface area contributed by atoms with Crippen molar-refractivity contribution in [3.63, 3.8) is 0 Å². The van der Waals surface area contributed by atoms with Crippen molar-refractivity contribution in [2.75, 3.05) is 20.3 Å². The van der Waals surface area contributed by atoms with E-state index in [1.54, 1.807) is 24.3 Å². The first-order chi connectivity index (χ1) is 18.1. The highest BCUT2D eigenvalue weighted by molar-refractivity contribution is 5.92. The average molecular weight is 505 g/mol. The minimum Gasteiger partial charge on any atom is -0.493 e. The number of alkyl carbamates (subject to hydrolysis) is 1. The number of unbranched alkanes of at least 4 members (excludes halogenated alkanes) is 1. The third-order valence-electron chi connectivity index (χ3n) is 5.52. The Morgan fingerprint density at radius 2 is 1.46 bits per heavy atom. The summed E-state index contributed by atoms with van der Waals surface area (Å²) in [5.41, 5.74) is 2.15. The van der Waals surface area contributed by atoms with Gasteiger partial charge in [-0.25, -0.2) is 9.59 Å². The molecule has 3 aromatic rings. The molecular formula is C29H32N2O6. The number of hydrogen-bond acceptors (Lipinski definition) is 6. The van der Waals surface area contributed by atoms with Crippen LogP contribution >= 0.6 is 0 Å².